The van der Waals surface area contributed by atoms with Crippen molar-refractivity contribution in [3.05, 3.63) is 49.7 Å². The lowest BCUT2D eigenvalue weighted by molar-refractivity contribution is 0.329. The molecule has 1 aromatic rings. The molecule has 0 aromatic heterocycles. The number of hydrogen-bond acceptors (Lipinski definition) is 3. The minimum Gasteiger partial charge on any atom is -0.486 e. The molecule has 0 heterocycles. The fourth-order valence-electron chi connectivity index (χ4n) is 1.33. The van der Waals surface area contributed by atoms with Gasteiger partial charge in [0.25, 0.3) is 0 Å². The predicted octanol–water partition coefficient (Wildman–Crippen LogP) is 4.40. The second-order valence-corrected chi connectivity index (χ2v) is 3.92. The van der Waals surface area contributed by atoms with E-state index in [-0.39, 0.29) is 12.6 Å². The third kappa shape index (κ3) is 4.07. The van der Waals surface area contributed by atoms with Gasteiger partial charge in [-0.1, -0.05) is 34.8 Å². The van der Waals surface area contributed by atoms with Crippen LogP contribution < -0.4 is 4.74 Å². The van der Waals surface area contributed by atoms with Crippen molar-refractivity contribution in [1.82, 2.24) is 0 Å². The van der Waals surface area contributed by atoms with E-state index >= 15 is 0 Å². The average Bonchev–Trinajstić information content (AvgIpc) is 2.38. The van der Waals surface area contributed by atoms with Crippen LogP contribution in [0.4, 0.5) is 0 Å². The predicted molar refractivity (Wildman–Crippen MR) is 68.5 cm³/mol. The molecule has 0 spiro atoms. The molecule has 1 unspecified atom stereocenters. The van der Waals surface area contributed by atoms with E-state index in [9.17, 15) is 0 Å². The molecule has 1 aromatic carbocycles. The standard InChI is InChI=1S/C10H11ClN6O/c1-7(5-14-16-12)8-2-3-10(9(11)4-8)18-6-15-17-13/h2-4,7H,5-6H2,1H3. The number of halogens is 1. The van der Waals surface area contributed by atoms with Gasteiger partial charge in [0, 0.05) is 16.4 Å². The highest BCUT2D eigenvalue weighted by molar-refractivity contribution is 6.32. The zero-order valence-corrected chi connectivity index (χ0v) is 10.4. The number of hydrogen-bond donors (Lipinski definition) is 0. The quantitative estimate of drug-likeness (QED) is 0.424. The van der Waals surface area contributed by atoms with Crippen LogP contribution in [0.1, 0.15) is 18.4 Å². The van der Waals surface area contributed by atoms with E-state index < -0.39 is 0 Å². The van der Waals surface area contributed by atoms with Crippen LogP contribution in [0.15, 0.2) is 28.4 Å². The summed E-state index contributed by atoms with van der Waals surface area (Å²) in [6.07, 6.45) is 0. The highest BCUT2D eigenvalue weighted by Gasteiger charge is 2.08. The van der Waals surface area contributed by atoms with Crippen molar-refractivity contribution < 1.29 is 4.74 Å². The minimum atomic E-state index is -0.107. The van der Waals surface area contributed by atoms with Crippen LogP contribution in [0.5, 0.6) is 5.75 Å². The zero-order valence-electron chi connectivity index (χ0n) is 9.69. The average molecular weight is 267 g/mol. The minimum absolute atomic E-state index is 0.0737. The summed E-state index contributed by atoms with van der Waals surface area (Å²) in [7, 11) is 0. The number of azide groups is 2. The summed E-state index contributed by atoms with van der Waals surface area (Å²) < 4.78 is 5.16. The third-order valence-electron chi connectivity index (χ3n) is 2.28. The number of ether oxygens (including phenoxy) is 1. The molecule has 1 rings (SSSR count). The Morgan fingerprint density at radius 3 is 2.67 bits per heavy atom. The normalized spacial score (nSPS) is 11.0. The van der Waals surface area contributed by atoms with E-state index in [1.54, 1.807) is 12.1 Å². The molecule has 0 amide bonds. The van der Waals surface area contributed by atoms with Crippen LogP contribution >= 0.6 is 11.6 Å². The van der Waals surface area contributed by atoms with Crippen molar-refractivity contribution in [1.29, 1.82) is 0 Å². The van der Waals surface area contributed by atoms with Crippen molar-refractivity contribution in [2.24, 2.45) is 10.2 Å². The van der Waals surface area contributed by atoms with Gasteiger partial charge in [-0.3, -0.25) is 0 Å². The molecule has 18 heavy (non-hydrogen) atoms. The smallest absolute Gasteiger partial charge is 0.167 e. The molecule has 0 aliphatic carbocycles. The summed E-state index contributed by atoms with van der Waals surface area (Å²) in [5.74, 6) is 0.522. The van der Waals surface area contributed by atoms with Gasteiger partial charge < -0.3 is 4.74 Å². The monoisotopic (exact) mass is 266 g/mol. The summed E-state index contributed by atoms with van der Waals surface area (Å²) in [4.78, 5) is 5.28. The fourth-order valence-corrected chi connectivity index (χ4v) is 1.57. The molecule has 0 bridgehead atoms. The maximum atomic E-state index is 8.25. The van der Waals surface area contributed by atoms with Crippen molar-refractivity contribution in [3.63, 3.8) is 0 Å². The van der Waals surface area contributed by atoms with Crippen molar-refractivity contribution in [2.45, 2.75) is 12.8 Å². The van der Waals surface area contributed by atoms with E-state index in [1.807, 2.05) is 13.0 Å². The molecular weight excluding hydrogens is 256 g/mol. The van der Waals surface area contributed by atoms with Crippen molar-refractivity contribution in [2.75, 3.05) is 13.3 Å². The van der Waals surface area contributed by atoms with Crippen LogP contribution in [0.2, 0.25) is 5.02 Å². The summed E-state index contributed by atoms with van der Waals surface area (Å²) in [6.45, 7) is 2.19. The van der Waals surface area contributed by atoms with Gasteiger partial charge in [-0.05, 0) is 34.7 Å². The van der Waals surface area contributed by atoms with E-state index in [2.05, 4.69) is 20.1 Å². The van der Waals surface area contributed by atoms with Crippen LogP contribution in [0.25, 0.3) is 20.9 Å². The van der Waals surface area contributed by atoms with Gasteiger partial charge in [-0.15, -0.1) is 0 Å². The Morgan fingerprint density at radius 2 is 2.06 bits per heavy atom. The molecule has 0 fully saturated rings. The molecule has 8 heteroatoms. The first-order valence-electron chi connectivity index (χ1n) is 5.13. The Labute approximate surface area is 109 Å². The van der Waals surface area contributed by atoms with Gasteiger partial charge in [0.15, 0.2) is 6.73 Å². The molecule has 0 aliphatic heterocycles. The van der Waals surface area contributed by atoms with E-state index in [0.717, 1.165) is 5.56 Å². The largest absolute Gasteiger partial charge is 0.486 e. The zero-order chi connectivity index (χ0) is 13.4. The number of benzene rings is 1. The van der Waals surface area contributed by atoms with Crippen molar-refractivity contribution in [3.8, 4) is 5.75 Å². The van der Waals surface area contributed by atoms with Gasteiger partial charge in [0.2, 0.25) is 0 Å². The van der Waals surface area contributed by atoms with Gasteiger partial charge in [0.05, 0.1) is 5.02 Å². The Bertz CT molecular complexity index is 507. The van der Waals surface area contributed by atoms with Crippen LogP contribution in [-0.2, 0) is 0 Å². The Kier molecular flexibility index (Phi) is 5.67. The van der Waals surface area contributed by atoms with Gasteiger partial charge in [-0.2, -0.15) is 0 Å². The fraction of sp³-hybridized carbons (Fsp3) is 0.400. The molecule has 94 valence electrons. The van der Waals surface area contributed by atoms with Gasteiger partial charge in [-0.25, -0.2) is 0 Å². The van der Waals surface area contributed by atoms with E-state index in [1.165, 1.54) is 0 Å². The second-order valence-electron chi connectivity index (χ2n) is 3.51. The molecular formula is C10H11ClN6O. The first kappa shape index (κ1) is 14.0. The van der Waals surface area contributed by atoms with Gasteiger partial charge in [0.1, 0.15) is 5.75 Å². The highest BCUT2D eigenvalue weighted by Crippen LogP contribution is 2.28. The third-order valence-corrected chi connectivity index (χ3v) is 2.58. The molecule has 0 saturated heterocycles. The Hall–Kier alpha value is -2.07. The first-order chi connectivity index (χ1) is 8.69. The molecule has 0 aliphatic rings. The maximum Gasteiger partial charge on any atom is 0.167 e. The lowest BCUT2D eigenvalue weighted by atomic mass is 10.0. The molecule has 0 radical (unpaired) electrons. The molecule has 7 nitrogen and oxygen atoms in total. The maximum absolute atomic E-state index is 8.25. The molecule has 1 atom stereocenters. The second kappa shape index (κ2) is 7.29. The lowest BCUT2D eigenvalue weighted by Gasteiger charge is -2.11. The first-order valence-corrected chi connectivity index (χ1v) is 5.50. The van der Waals surface area contributed by atoms with Crippen molar-refractivity contribution >= 4 is 11.6 Å². The highest BCUT2D eigenvalue weighted by atomic mass is 35.5. The van der Waals surface area contributed by atoms with Crippen LogP contribution in [0.3, 0.4) is 0 Å². The van der Waals surface area contributed by atoms with E-state index in [0.29, 0.717) is 17.3 Å². The summed E-state index contributed by atoms with van der Waals surface area (Å²) in [5.41, 5.74) is 17.3. The number of rotatable bonds is 6. The van der Waals surface area contributed by atoms with Gasteiger partial charge >= 0.3 is 0 Å². The number of nitrogens with zero attached hydrogens (tertiary/aromatic N) is 6. The summed E-state index contributed by atoms with van der Waals surface area (Å²) in [5, 5.41) is 7.19. The topological polar surface area (TPSA) is 107 Å². The SMILES string of the molecule is CC(CN=[N+]=[N-])c1ccc(OCN=[N+]=[N-])c(Cl)c1. The Morgan fingerprint density at radius 1 is 1.33 bits per heavy atom. The summed E-state index contributed by atoms with van der Waals surface area (Å²) in [6, 6.07) is 5.26. The molecule has 0 saturated carbocycles. The van der Waals surface area contributed by atoms with E-state index in [4.69, 9.17) is 27.4 Å². The Balaban J connectivity index is 2.77. The van der Waals surface area contributed by atoms with Crippen LogP contribution in [0, 0.1) is 0 Å². The summed E-state index contributed by atoms with van der Waals surface area (Å²) >= 11 is 6.02. The van der Waals surface area contributed by atoms with Crippen LogP contribution in [-0.4, -0.2) is 13.3 Å². The lowest BCUT2D eigenvalue weighted by Crippen LogP contribution is -1.99. The molecule has 0 N–H and O–H groups in total.